The summed E-state index contributed by atoms with van der Waals surface area (Å²) >= 11 is 0. The molecule has 0 fully saturated rings. The van der Waals surface area contributed by atoms with Gasteiger partial charge < -0.3 is 27.0 Å². The number of hydrogen-bond acceptors (Lipinski definition) is 13. The molecule has 3 heterocycles. The summed E-state index contributed by atoms with van der Waals surface area (Å²) in [5.74, 6) is -1.52. The van der Waals surface area contributed by atoms with Crippen LogP contribution in [0.2, 0.25) is 0 Å². The van der Waals surface area contributed by atoms with Crippen LogP contribution in [-0.2, 0) is 24.3 Å². The smallest absolute Gasteiger partial charge is 0.270 e. The van der Waals surface area contributed by atoms with E-state index in [-0.39, 0.29) is 29.3 Å². The van der Waals surface area contributed by atoms with E-state index in [4.69, 9.17) is 11.5 Å². The fourth-order valence-corrected chi connectivity index (χ4v) is 5.19. The number of hydrogen-bond donors (Lipinski definition) is 7. The van der Waals surface area contributed by atoms with Crippen molar-refractivity contribution in [1.29, 1.82) is 0 Å². The highest BCUT2D eigenvalue weighted by Crippen LogP contribution is 2.26. The van der Waals surface area contributed by atoms with Crippen LogP contribution in [0.4, 0.5) is 11.4 Å². The molecule has 16 nitrogen and oxygen atoms in total. The third kappa shape index (κ3) is 5.76. The van der Waals surface area contributed by atoms with Gasteiger partial charge in [0.05, 0.1) is 0 Å². The monoisotopic (exact) mass is 609 g/mol. The zero-order valence-electron chi connectivity index (χ0n) is 23.6. The van der Waals surface area contributed by atoms with Gasteiger partial charge in [-0.1, -0.05) is 42.5 Å². The van der Waals surface area contributed by atoms with Crippen LogP contribution in [0.25, 0.3) is 0 Å². The van der Waals surface area contributed by atoms with Gasteiger partial charge in [0.25, 0.3) is 22.7 Å². The predicted octanol–water partition coefficient (Wildman–Crippen LogP) is -1.62. The number of carbonyl (C=O) groups excluding carboxylic acids is 3. The SMILES string of the molecule is NC(=O)[C@H](NC(=O)c1cc(C(=O)NCc2ccc3c(c2)CN(c2c(N)c(=O)c2=O)CC3)ncn1)c1ccc(C2=NNNN2)cc1. The number of anilines is 2. The number of nitrogen functional groups attached to an aromatic ring is 1. The molecule has 228 valence electrons. The number of hydrazine groups is 2. The molecule has 2 aliphatic rings. The Hall–Kier alpha value is -6.16. The Labute approximate surface area is 254 Å². The van der Waals surface area contributed by atoms with Crippen molar-refractivity contribution >= 4 is 34.9 Å². The van der Waals surface area contributed by atoms with Crippen molar-refractivity contribution in [3.8, 4) is 0 Å². The minimum atomic E-state index is -1.16. The van der Waals surface area contributed by atoms with Crippen LogP contribution in [0.15, 0.2) is 69.5 Å². The number of aromatic nitrogens is 2. The molecule has 0 saturated carbocycles. The van der Waals surface area contributed by atoms with Crippen LogP contribution in [-0.4, -0.2) is 40.1 Å². The highest BCUT2D eigenvalue weighted by atomic mass is 16.2. The van der Waals surface area contributed by atoms with E-state index in [9.17, 15) is 24.0 Å². The Balaban J connectivity index is 1.09. The molecule has 0 unspecified atom stereocenters. The van der Waals surface area contributed by atoms with Crippen molar-refractivity contribution in [3.05, 3.63) is 115 Å². The molecule has 3 amide bonds. The zero-order chi connectivity index (χ0) is 31.7. The molecule has 0 bridgehead atoms. The normalized spacial score (nSPS) is 14.5. The first-order valence-corrected chi connectivity index (χ1v) is 13.8. The summed E-state index contributed by atoms with van der Waals surface area (Å²) in [6.07, 6.45) is 1.76. The van der Waals surface area contributed by atoms with Gasteiger partial charge in [-0.05, 0) is 28.7 Å². The maximum absolute atomic E-state index is 13.0. The number of benzene rings is 2. The summed E-state index contributed by atoms with van der Waals surface area (Å²) in [7, 11) is 0. The average molecular weight is 610 g/mol. The van der Waals surface area contributed by atoms with Crippen molar-refractivity contribution in [1.82, 2.24) is 37.1 Å². The van der Waals surface area contributed by atoms with Gasteiger partial charge in [0.15, 0.2) is 5.84 Å². The van der Waals surface area contributed by atoms with E-state index >= 15 is 0 Å². The van der Waals surface area contributed by atoms with Crippen molar-refractivity contribution in [3.63, 3.8) is 0 Å². The van der Waals surface area contributed by atoms with Crippen LogP contribution in [0.5, 0.6) is 0 Å². The molecule has 1 atom stereocenters. The molecule has 0 aliphatic carbocycles. The van der Waals surface area contributed by atoms with Gasteiger partial charge in [-0.15, -0.1) is 10.6 Å². The minimum Gasteiger partial charge on any atom is -0.394 e. The second-order valence-electron chi connectivity index (χ2n) is 10.4. The largest absolute Gasteiger partial charge is 0.394 e. The van der Waals surface area contributed by atoms with E-state index in [1.165, 1.54) is 6.07 Å². The van der Waals surface area contributed by atoms with Crippen LogP contribution >= 0.6 is 0 Å². The molecule has 4 aromatic rings. The topological polar surface area (TPSA) is 239 Å². The van der Waals surface area contributed by atoms with E-state index in [0.717, 1.165) is 28.6 Å². The number of nitrogens with zero attached hydrogens (tertiary/aromatic N) is 4. The first-order valence-electron chi connectivity index (χ1n) is 13.8. The van der Waals surface area contributed by atoms with Crippen LogP contribution in [0, 0.1) is 0 Å². The summed E-state index contributed by atoms with van der Waals surface area (Å²) in [5.41, 5.74) is 22.2. The van der Waals surface area contributed by atoms with E-state index < -0.39 is 34.6 Å². The number of nitrogens with one attached hydrogen (secondary N) is 5. The fourth-order valence-electron chi connectivity index (χ4n) is 5.19. The number of nitrogens with two attached hydrogens (primary N) is 2. The molecular weight excluding hydrogens is 582 g/mol. The maximum atomic E-state index is 13.0. The van der Waals surface area contributed by atoms with Gasteiger partial charge in [0.2, 0.25) is 5.91 Å². The standard InChI is InChI=1S/C29H27N11O5/c30-21-23(25(42)24(21)41)40-8-7-15-2-1-14(9-18(15)12-40)11-32-28(44)19-10-20(34-13-33-19)29(45)35-22(26(31)43)16-3-5-17(6-4-16)27-36-38-39-37-27/h1-6,9-10,13,22,38-39H,7-8,11-12,30H2,(H2,31,43)(H,32,44)(H,35,45)(H,36,37)/t22-/m1/s1. The highest BCUT2D eigenvalue weighted by Gasteiger charge is 2.27. The van der Waals surface area contributed by atoms with Crippen LogP contribution in [0.1, 0.15) is 54.8 Å². The molecule has 0 radical (unpaired) electrons. The Morgan fingerprint density at radius 2 is 1.71 bits per heavy atom. The second-order valence-corrected chi connectivity index (χ2v) is 10.4. The fraction of sp³-hybridized carbons (Fsp3) is 0.172. The van der Waals surface area contributed by atoms with E-state index in [0.29, 0.717) is 30.9 Å². The number of amidine groups is 1. The first kappa shape index (κ1) is 28.9. The minimum absolute atomic E-state index is 0.00681. The average Bonchev–Trinajstić information content (AvgIpc) is 3.61. The molecule has 0 spiro atoms. The van der Waals surface area contributed by atoms with Crippen molar-refractivity contribution in [2.24, 2.45) is 10.8 Å². The van der Waals surface area contributed by atoms with Crippen LogP contribution < -0.4 is 54.4 Å². The number of amides is 3. The van der Waals surface area contributed by atoms with Gasteiger partial charge in [0, 0.05) is 31.3 Å². The Morgan fingerprint density at radius 3 is 2.40 bits per heavy atom. The van der Waals surface area contributed by atoms with Gasteiger partial charge in [-0.3, -0.25) is 29.4 Å². The Bertz CT molecular complexity index is 1930. The van der Waals surface area contributed by atoms with Crippen LogP contribution in [0.3, 0.4) is 0 Å². The number of hydrazone groups is 1. The first-order chi connectivity index (χ1) is 21.7. The number of primary amides is 1. The third-order valence-corrected chi connectivity index (χ3v) is 7.59. The number of fused-ring (bicyclic) bond motifs is 1. The quantitative estimate of drug-likeness (QED) is 0.106. The van der Waals surface area contributed by atoms with Gasteiger partial charge in [-0.25, -0.2) is 15.5 Å². The van der Waals surface area contributed by atoms with Gasteiger partial charge in [0.1, 0.15) is 35.1 Å². The van der Waals surface area contributed by atoms with E-state index in [2.05, 4.69) is 42.2 Å². The van der Waals surface area contributed by atoms with Gasteiger partial charge in [-0.2, -0.15) is 0 Å². The molecule has 2 aliphatic heterocycles. The molecule has 6 rings (SSSR count). The molecular formula is C29H27N11O5. The third-order valence-electron chi connectivity index (χ3n) is 7.59. The lowest BCUT2D eigenvalue weighted by atomic mass is 9.96. The second kappa shape index (κ2) is 11.8. The Kier molecular flexibility index (Phi) is 7.62. The molecule has 9 N–H and O–H groups in total. The molecule has 0 saturated heterocycles. The summed E-state index contributed by atoms with van der Waals surface area (Å²) < 4.78 is 0. The van der Waals surface area contributed by atoms with Crippen molar-refractivity contribution in [2.45, 2.75) is 25.6 Å². The summed E-state index contributed by atoms with van der Waals surface area (Å²) in [6, 6.07) is 12.5. The van der Waals surface area contributed by atoms with E-state index in [1.54, 1.807) is 29.2 Å². The van der Waals surface area contributed by atoms with Gasteiger partial charge >= 0.3 is 0 Å². The maximum Gasteiger partial charge on any atom is 0.270 e. The molecule has 3 aromatic carbocycles. The van der Waals surface area contributed by atoms with E-state index in [1.807, 2.05) is 18.2 Å². The number of rotatable bonds is 9. The zero-order valence-corrected chi connectivity index (χ0v) is 23.6. The highest BCUT2D eigenvalue weighted by molar-refractivity contribution is 6.00. The number of carbonyl (C=O) groups is 3. The molecule has 45 heavy (non-hydrogen) atoms. The molecule has 1 aromatic heterocycles. The predicted molar refractivity (Wildman–Crippen MR) is 162 cm³/mol. The molecule has 16 heteroatoms. The summed E-state index contributed by atoms with van der Waals surface area (Å²) in [6.45, 7) is 1.14. The van der Waals surface area contributed by atoms with Crippen molar-refractivity contribution < 1.29 is 14.4 Å². The lowest BCUT2D eigenvalue weighted by Crippen LogP contribution is -2.44. The summed E-state index contributed by atoms with van der Waals surface area (Å²) in [4.78, 5) is 71.5. The Morgan fingerprint density at radius 1 is 0.956 bits per heavy atom. The summed E-state index contributed by atoms with van der Waals surface area (Å²) in [5, 5.41) is 9.34. The van der Waals surface area contributed by atoms with Crippen molar-refractivity contribution in [2.75, 3.05) is 17.2 Å². The lowest BCUT2D eigenvalue weighted by molar-refractivity contribution is -0.120. The lowest BCUT2D eigenvalue weighted by Gasteiger charge is -2.32.